The molecule has 1 aromatic heterocycles. The maximum Gasteiger partial charge on any atom is 0.270 e. The van der Waals surface area contributed by atoms with Gasteiger partial charge in [0.15, 0.2) is 17.8 Å². The first-order chi connectivity index (χ1) is 15.0. The highest BCUT2D eigenvalue weighted by atomic mass is 16.6. The average molecular weight is 425 g/mol. The van der Waals surface area contributed by atoms with Crippen molar-refractivity contribution in [2.45, 2.75) is 57.5 Å². The first-order valence-electron chi connectivity index (χ1n) is 10.8. The summed E-state index contributed by atoms with van der Waals surface area (Å²) in [4.78, 5) is 25.3. The molecule has 3 unspecified atom stereocenters. The van der Waals surface area contributed by atoms with Crippen LogP contribution in [0.2, 0.25) is 0 Å². The van der Waals surface area contributed by atoms with Crippen LogP contribution in [0.15, 0.2) is 30.3 Å². The summed E-state index contributed by atoms with van der Waals surface area (Å²) in [6, 6.07) is 9.20. The summed E-state index contributed by atoms with van der Waals surface area (Å²) in [7, 11) is 0. The SMILES string of the molecule is CC(C)C1CC(=O)NC(n2nc(C3CC3)cc2NC(=O)C2COc3ccccc3O2)N1. The number of rotatable bonds is 5. The van der Waals surface area contributed by atoms with E-state index in [2.05, 4.69) is 29.8 Å². The molecule has 3 atom stereocenters. The average Bonchev–Trinajstić information content (AvgIpc) is 3.53. The van der Waals surface area contributed by atoms with Crippen LogP contribution < -0.4 is 25.4 Å². The smallest absolute Gasteiger partial charge is 0.270 e. The second kappa shape index (κ2) is 7.88. The van der Waals surface area contributed by atoms with E-state index >= 15 is 0 Å². The lowest BCUT2D eigenvalue weighted by Gasteiger charge is -2.34. The Balaban J connectivity index is 1.36. The van der Waals surface area contributed by atoms with Crippen molar-refractivity contribution in [2.75, 3.05) is 11.9 Å². The molecule has 1 aliphatic carbocycles. The van der Waals surface area contributed by atoms with Gasteiger partial charge in [-0.2, -0.15) is 5.10 Å². The van der Waals surface area contributed by atoms with Crippen molar-refractivity contribution in [1.82, 2.24) is 20.4 Å². The molecule has 2 amide bonds. The third-order valence-corrected chi connectivity index (χ3v) is 5.93. The molecule has 5 rings (SSSR count). The second-order valence-electron chi connectivity index (χ2n) is 8.72. The van der Waals surface area contributed by atoms with E-state index in [1.165, 1.54) is 0 Å². The van der Waals surface area contributed by atoms with Gasteiger partial charge in [-0.25, -0.2) is 4.68 Å². The zero-order chi connectivity index (χ0) is 21.5. The number of fused-ring (bicyclic) bond motifs is 1. The molecule has 2 fully saturated rings. The Kier molecular flexibility index (Phi) is 5.05. The summed E-state index contributed by atoms with van der Waals surface area (Å²) in [5.74, 6) is 2.03. The zero-order valence-electron chi connectivity index (χ0n) is 17.6. The Morgan fingerprint density at radius 2 is 2.03 bits per heavy atom. The van der Waals surface area contributed by atoms with Crippen molar-refractivity contribution in [1.29, 1.82) is 0 Å². The molecule has 164 valence electrons. The molecule has 1 saturated heterocycles. The number of benzene rings is 1. The van der Waals surface area contributed by atoms with Crippen molar-refractivity contribution in [3.63, 3.8) is 0 Å². The molecule has 0 bridgehead atoms. The predicted molar refractivity (Wildman–Crippen MR) is 113 cm³/mol. The molecular weight excluding hydrogens is 398 g/mol. The monoisotopic (exact) mass is 425 g/mol. The van der Waals surface area contributed by atoms with Crippen LogP contribution in [0.25, 0.3) is 0 Å². The quantitative estimate of drug-likeness (QED) is 0.678. The summed E-state index contributed by atoms with van der Waals surface area (Å²) < 4.78 is 13.2. The van der Waals surface area contributed by atoms with Gasteiger partial charge in [0, 0.05) is 24.4 Å². The van der Waals surface area contributed by atoms with Gasteiger partial charge in [-0.15, -0.1) is 0 Å². The van der Waals surface area contributed by atoms with Crippen LogP contribution in [0.3, 0.4) is 0 Å². The van der Waals surface area contributed by atoms with Crippen LogP contribution in [0, 0.1) is 5.92 Å². The number of anilines is 1. The van der Waals surface area contributed by atoms with E-state index in [0.717, 1.165) is 18.5 Å². The topological polar surface area (TPSA) is 107 Å². The molecule has 1 aromatic carbocycles. The Hall–Kier alpha value is -3.07. The largest absolute Gasteiger partial charge is 0.485 e. The van der Waals surface area contributed by atoms with Gasteiger partial charge in [-0.1, -0.05) is 26.0 Å². The van der Waals surface area contributed by atoms with Gasteiger partial charge in [0.1, 0.15) is 12.4 Å². The molecule has 0 spiro atoms. The van der Waals surface area contributed by atoms with Crippen LogP contribution in [0.4, 0.5) is 5.82 Å². The van der Waals surface area contributed by atoms with Gasteiger partial charge in [0.2, 0.25) is 12.0 Å². The first-order valence-corrected chi connectivity index (χ1v) is 10.8. The van der Waals surface area contributed by atoms with E-state index in [4.69, 9.17) is 14.6 Å². The molecule has 3 N–H and O–H groups in total. The number of nitrogens with one attached hydrogen (secondary N) is 3. The van der Waals surface area contributed by atoms with Gasteiger partial charge >= 0.3 is 0 Å². The number of carbonyl (C=O) groups excluding carboxylic acids is 2. The predicted octanol–water partition coefficient (Wildman–Crippen LogP) is 2.13. The Morgan fingerprint density at radius 1 is 1.26 bits per heavy atom. The van der Waals surface area contributed by atoms with Gasteiger partial charge < -0.3 is 20.1 Å². The number of aromatic nitrogens is 2. The maximum absolute atomic E-state index is 13.0. The van der Waals surface area contributed by atoms with E-state index in [-0.39, 0.29) is 30.4 Å². The summed E-state index contributed by atoms with van der Waals surface area (Å²) in [6.45, 7) is 4.28. The highest BCUT2D eigenvalue weighted by molar-refractivity contribution is 5.94. The molecule has 31 heavy (non-hydrogen) atoms. The Labute approximate surface area is 180 Å². The Bertz CT molecular complexity index is 1000. The number of hydrogen-bond acceptors (Lipinski definition) is 6. The maximum atomic E-state index is 13.0. The standard InChI is InChI=1S/C22H27N5O4/c1-12(2)14-10-20(28)25-22(23-14)27-19(9-15(26-27)13-7-8-13)24-21(29)18-11-30-16-5-3-4-6-17(16)31-18/h3-6,9,12-14,18,22-23H,7-8,10-11H2,1-2H3,(H,24,29)(H,25,28). The van der Waals surface area contributed by atoms with Crippen LogP contribution in [-0.2, 0) is 9.59 Å². The number of hydrogen-bond donors (Lipinski definition) is 3. The summed E-state index contributed by atoms with van der Waals surface area (Å²) in [5, 5.41) is 14.0. The highest BCUT2D eigenvalue weighted by Crippen LogP contribution is 2.40. The number of para-hydroxylation sites is 2. The molecular formula is C22H27N5O4. The van der Waals surface area contributed by atoms with E-state index in [1.807, 2.05) is 24.3 Å². The molecule has 9 heteroatoms. The van der Waals surface area contributed by atoms with Crippen molar-refractivity contribution < 1.29 is 19.1 Å². The third kappa shape index (κ3) is 4.10. The van der Waals surface area contributed by atoms with Crippen LogP contribution in [0.5, 0.6) is 11.5 Å². The van der Waals surface area contributed by atoms with Gasteiger partial charge in [-0.05, 0) is 30.9 Å². The third-order valence-electron chi connectivity index (χ3n) is 5.93. The highest BCUT2D eigenvalue weighted by Gasteiger charge is 2.34. The second-order valence-corrected chi connectivity index (χ2v) is 8.72. The van der Waals surface area contributed by atoms with Crippen molar-refractivity contribution in [3.05, 3.63) is 36.0 Å². The fourth-order valence-electron chi connectivity index (χ4n) is 3.91. The van der Waals surface area contributed by atoms with Gasteiger partial charge in [-0.3, -0.25) is 14.9 Å². The first kappa shape index (κ1) is 19.9. The van der Waals surface area contributed by atoms with Crippen molar-refractivity contribution >= 4 is 17.6 Å². The molecule has 0 radical (unpaired) electrons. The minimum atomic E-state index is -0.778. The number of amides is 2. The zero-order valence-corrected chi connectivity index (χ0v) is 17.6. The van der Waals surface area contributed by atoms with E-state index < -0.39 is 12.4 Å². The summed E-state index contributed by atoms with van der Waals surface area (Å²) in [6.07, 6.45) is 1.28. The van der Waals surface area contributed by atoms with Crippen molar-refractivity contribution in [2.24, 2.45) is 5.92 Å². The minimum absolute atomic E-state index is 0.0301. The fraction of sp³-hybridized carbons (Fsp3) is 0.500. The van der Waals surface area contributed by atoms with Crippen molar-refractivity contribution in [3.8, 4) is 11.5 Å². The molecule has 9 nitrogen and oxygen atoms in total. The van der Waals surface area contributed by atoms with E-state index in [0.29, 0.717) is 29.7 Å². The number of nitrogens with zero attached hydrogens (tertiary/aromatic N) is 2. The van der Waals surface area contributed by atoms with E-state index in [1.54, 1.807) is 10.7 Å². The lowest BCUT2D eigenvalue weighted by molar-refractivity contribution is -0.126. The molecule has 2 aromatic rings. The molecule has 3 aliphatic rings. The normalized spacial score (nSPS) is 25.3. The number of carbonyl (C=O) groups is 2. The summed E-state index contributed by atoms with van der Waals surface area (Å²) in [5.41, 5.74) is 0.921. The molecule has 1 saturated carbocycles. The van der Waals surface area contributed by atoms with Crippen LogP contribution in [-0.4, -0.2) is 40.3 Å². The fourth-order valence-corrected chi connectivity index (χ4v) is 3.91. The van der Waals surface area contributed by atoms with Crippen LogP contribution >= 0.6 is 0 Å². The lowest BCUT2D eigenvalue weighted by Crippen LogP contribution is -2.55. The molecule has 3 heterocycles. The summed E-state index contributed by atoms with van der Waals surface area (Å²) >= 11 is 0. The van der Waals surface area contributed by atoms with Gasteiger partial charge in [0.05, 0.1) is 5.69 Å². The van der Waals surface area contributed by atoms with Gasteiger partial charge in [0.25, 0.3) is 5.91 Å². The lowest BCUT2D eigenvalue weighted by atomic mass is 9.99. The Morgan fingerprint density at radius 3 is 2.77 bits per heavy atom. The molecule has 2 aliphatic heterocycles. The van der Waals surface area contributed by atoms with E-state index in [9.17, 15) is 9.59 Å². The van der Waals surface area contributed by atoms with Crippen LogP contribution in [0.1, 0.15) is 51.0 Å². The minimum Gasteiger partial charge on any atom is -0.485 e. The number of ether oxygens (including phenoxy) is 2.